The maximum Gasteiger partial charge on any atom is 0.282 e. The van der Waals surface area contributed by atoms with Crippen LogP contribution in [0.15, 0.2) is 18.2 Å². The van der Waals surface area contributed by atoms with Crippen LogP contribution in [0.5, 0.6) is 5.75 Å². The van der Waals surface area contributed by atoms with Gasteiger partial charge in [0.05, 0.1) is 18.1 Å². The van der Waals surface area contributed by atoms with Crippen molar-refractivity contribution in [2.24, 2.45) is 5.73 Å². The van der Waals surface area contributed by atoms with Crippen LogP contribution in [-0.4, -0.2) is 30.1 Å². The number of rotatable bonds is 4. The number of nitro benzene ring substituents is 1. The van der Waals surface area contributed by atoms with Crippen molar-refractivity contribution in [2.75, 3.05) is 13.2 Å². The smallest absolute Gasteiger partial charge is 0.282 e. The lowest BCUT2D eigenvalue weighted by molar-refractivity contribution is -0.385. The van der Waals surface area contributed by atoms with Crippen LogP contribution in [0.1, 0.15) is 16.8 Å². The molecule has 7 nitrogen and oxygen atoms in total. The van der Waals surface area contributed by atoms with Gasteiger partial charge < -0.3 is 15.2 Å². The second-order valence-electron chi connectivity index (χ2n) is 3.90. The standard InChI is InChI=1S/C11H12N2O5/c12-11(14)9-5-7(1-2-10(9)13(15)16)18-8-3-4-17-6-8/h1-2,5,8H,3-4,6H2,(H2,12,14)/t8-/m0/s1. The van der Waals surface area contributed by atoms with Gasteiger partial charge in [0, 0.05) is 12.5 Å². The number of nitro groups is 1. The third-order valence-electron chi connectivity index (χ3n) is 2.62. The predicted octanol–water partition coefficient (Wildman–Crippen LogP) is 0.861. The molecule has 1 fully saturated rings. The third-order valence-corrected chi connectivity index (χ3v) is 2.62. The summed E-state index contributed by atoms with van der Waals surface area (Å²) in [4.78, 5) is 21.2. The number of nitrogens with two attached hydrogens (primary N) is 1. The van der Waals surface area contributed by atoms with E-state index in [1.54, 1.807) is 0 Å². The van der Waals surface area contributed by atoms with Crippen molar-refractivity contribution in [1.82, 2.24) is 0 Å². The molecule has 0 unspecified atom stereocenters. The van der Waals surface area contributed by atoms with E-state index in [1.807, 2.05) is 0 Å². The molecular formula is C11H12N2O5. The number of ether oxygens (including phenoxy) is 2. The first-order chi connectivity index (χ1) is 8.58. The summed E-state index contributed by atoms with van der Waals surface area (Å²) in [6.45, 7) is 1.10. The van der Waals surface area contributed by atoms with Crippen molar-refractivity contribution in [1.29, 1.82) is 0 Å². The summed E-state index contributed by atoms with van der Waals surface area (Å²) < 4.78 is 10.7. The lowest BCUT2D eigenvalue weighted by Crippen LogP contribution is -2.17. The molecule has 1 amide bonds. The minimum Gasteiger partial charge on any atom is -0.488 e. The summed E-state index contributed by atoms with van der Waals surface area (Å²) in [5.74, 6) is -0.472. The first-order valence-electron chi connectivity index (χ1n) is 5.40. The lowest BCUT2D eigenvalue weighted by Gasteiger charge is -2.12. The molecule has 0 aliphatic carbocycles. The zero-order valence-electron chi connectivity index (χ0n) is 9.50. The molecule has 18 heavy (non-hydrogen) atoms. The molecular weight excluding hydrogens is 240 g/mol. The molecule has 1 atom stereocenters. The van der Waals surface area contributed by atoms with E-state index in [4.69, 9.17) is 15.2 Å². The molecule has 0 bridgehead atoms. The first kappa shape index (κ1) is 12.3. The Hall–Kier alpha value is -2.15. The number of primary amides is 1. The average molecular weight is 252 g/mol. The highest BCUT2D eigenvalue weighted by molar-refractivity contribution is 5.97. The van der Waals surface area contributed by atoms with Crippen LogP contribution >= 0.6 is 0 Å². The van der Waals surface area contributed by atoms with E-state index >= 15 is 0 Å². The number of carbonyl (C=O) groups excluding carboxylic acids is 1. The SMILES string of the molecule is NC(=O)c1cc(O[C@H]2CCOC2)ccc1[N+](=O)[O-]. The van der Waals surface area contributed by atoms with E-state index in [2.05, 4.69) is 0 Å². The average Bonchev–Trinajstić information content (AvgIpc) is 2.81. The largest absolute Gasteiger partial charge is 0.488 e. The highest BCUT2D eigenvalue weighted by Gasteiger charge is 2.21. The van der Waals surface area contributed by atoms with E-state index in [0.717, 1.165) is 6.42 Å². The molecule has 96 valence electrons. The van der Waals surface area contributed by atoms with Gasteiger partial charge in [-0.15, -0.1) is 0 Å². The molecule has 1 aliphatic rings. The van der Waals surface area contributed by atoms with Gasteiger partial charge >= 0.3 is 0 Å². The van der Waals surface area contributed by atoms with Crippen molar-refractivity contribution in [3.05, 3.63) is 33.9 Å². The van der Waals surface area contributed by atoms with Gasteiger partial charge in [0.25, 0.3) is 11.6 Å². The van der Waals surface area contributed by atoms with E-state index in [9.17, 15) is 14.9 Å². The summed E-state index contributed by atoms with van der Waals surface area (Å²) in [6.07, 6.45) is 0.662. The van der Waals surface area contributed by atoms with E-state index < -0.39 is 10.8 Å². The molecule has 0 radical (unpaired) electrons. The van der Waals surface area contributed by atoms with Crippen LogP contribution in [-0.2, 0) is 4.74 Å². The molecule has 2 rings (SSSR count). The Morgan fingerprint density at radius 3 is 2.89 bits per heavy atom. The molecule has 1 aromatic rings. The molecule has 0 aromatic heterocycles. The Kier molecular flexibility index (Phi) is 3.42. The highest BCUT2D eigenvalue weighted by atomic mass is 16.6. The van der Waals surface area contributed by atoms with Crippen molar-refractivity contribution in [3.63, 3.8) is 0 Å². The molecule has 2 N–H and O–H groups in total. The Labute approximate surface area is 103 Å². The Bertz CT molecular complexity index is 482. The quantitative estimate of drug-likeness (QED) is 0.632. The van der Waals surface area contributed by atoms with Gasteiger partial charge in [-0.25, -0.2) is 0 Å². The van der Waals surface area contributed by atoms with Gasteiger partial charge in [0.15, 0.2) is 0 Å². The minimum absolute atomic E-state index is 0.0906. The Morgan fingerprint density at radius 1 is 1.56 bits per heavy atom. The lowest BCUT2D eigenvalue weighted by atomic mass is 10.1. The second-order valence-corrected chi connectivity index (χ2v) is 3.90. The molecule has 1 aromatic carbocycles. The number of hydrogen-bond acceptors (Lipinski definition) is 5. The van der Waals surface area contributed by atoms with Gasteiger partial charge in [-0.05, 0) is 12.1 Å². The number of carbonyl (C=O) groups is 1. The van der Waals surface area contributed by atoms with Crippen LogP contribution in [0.3, 0.4) is 0 Å². The van der Waals surface area contributed by atoms with Gasteiger partial charge in [0.2, 0.25) is 0 Å². The van der Waals surface area contributed by atoms with Crippen LogP contribution < -0.4 is 10.5 Å². The molecule has 7 heteroatoms. The zero-order valence-corrected chi connectivity index (χ0v) is 9.50. The molecule has 0 saturated carbocycles. The summed E-state index contributed by atoms with van der Waals surface area (Å²) >= 11 is 0. The summed E-state index contributed by atoms with van der Waals surface area (Å²) in [7, 11) is 0. The molecule has 0 spiro atoms. The number of hydrogen-bond donors (Lipinski definition) is 1. The van der Waals surface area contributed by atoms with Crippen LogP contribution in [0, 0.1) is 10.1 Å². The number of amides is 1. The van der Waals surface area contributed by atoms with Crippen molar-refractivity contribution in [2.45, 2.75) is 12.5 Å². The van der Waals surface area contributed by atoms with Crippen LogP contribution in [0.25, 0.3) is 0 Å². The van der Waals surface area contributed by atoms with Crippen LogP contribution in [0.2, 0.25) is 0 Å². The van der Waals surface area contributed by atoms with Gasteiger partial charge in [-0.2, -0.15) is 0 Å². The Morgan fingerprint density at radius 2 is 2.33 bits per heavy atom. The van der Waals surface area contributed by atoms with Crippen molar-refractivity contribution < 1.29 is 19.2 Å². The fourth-order valence-electron chi connectivity index (χ4n) is 1.74. The second kappa shape index (κ2) is 5.01. The summed E-state index contributed by atoms with van der Waals surface area (Å²) in [5, 5.41) is 10.7. The molecule has 1 saturated heterocycles. The minimum atomic E-state index is -0.852. The van der Waals surface area contributed by atoms with Crippen molar-refractivity contribution in [3.8, 4) is 5.75 Å². The predicted molar refractivity (Wildman–Crippen MR) is 61.5 cm³/mol. The maximum absolute atomic E-state index is 11.2. The van der Waals surface area contributed by atoms with Gasteiger partial charge in [0.1, 0.15) is 17.4 Å². The maximum atomic E-state index is 11.2. The fourth-order valence-corrected chi connectivity index (χ4v) is 1.74. The van der Waals surface area contributed by atoms with Gasteiger partial charge in [-0.1, -0.05) is 0 Å². The highest BCUT2D eigenvalue weighted by Crippen LogP contribution is 2.25. The Balaban J connectivity index is 2.24. The normalized spacial score (nSPS) is 18.6. The van der Waals surface area contributed by atoms with E-state index in [1.165, 1.54) is 18.2 Å². The van der Waals surface area contributed by atoms with E-state index in [0.29, 0.717) is 19.0 Å². The monoisotopic (exact) mass is 252 g/mol. The third kappa shape index (κ3) is 2.57. The zero-order chi connectivity index (χ0) is 13.1. The number of nitrogens with zero attached hydrogens (tertiary/aromatic N) is 1. The summed E-state index contributed by atoms with van der Waals surface area (Å²) in [6, 6.07) is 3.95. The number of benzene rings is 1. The van der Waals surface area contributed by atoms with Crippen LogP contribution in [0.4, 0.5) is 5.69 Å². The molecule has 1 heterocycles. The van der Waals surface area contributed by atoms with Gasteiger partial charge in [-0.3, -0.25) is 14.9 Å². The topological polar surface area (TPSA) is 105 Å². The molecule has 1 aliphatic heterocycles. The van der Waals surface area contributed by atoms with Crippen molar-refractivity contribution >= 4 is 11.6 Å². The summed E-state index contributed by atoms with van der Waals surface area (Å²) in [5.41, 5.74) is 4.63. The first-order valence-corrected chi connectivity index (χ1v) is 5.40. The van der Waals surface area contributed by atoms with E-state index in [-0.39, 0.29) is 17.4 Å². The fraction of sp³-hybridized carbons (Fsp3) is 0.364.